The summed E-state index contributed by atoms with van der Waals surface area (Å²) in [6, 6.07) is 14.8. The van der Waals surface area contributed by atoms with Gasteiger partial charge in [0.1, 0.15) is 5.69 Å². The van der Waals surface area contributed by atoms with Gasteiger partial charge in [-0.25, -0.2) is 0 Å². The van der Waals surface area contributed by atoms with Crippen LogP contribution in [0.5, 0.6) is 0 Å². The van der Waals surface area contributed by atoms with E-state index < -0.39 is 11.7 Å². The Labute approximate surface area is 174 Å². The van der Waals surface area contributed by atoms with Crippen molar-refractivity contribution in [1.82, 2.24) is 14.6 Å². The molecular weight excluding hydrogens is 390 g/mol. The van der Waals surface area contributed by atoms with Gasteiger partial charge in [-0.15, -0.1) is 0 Å². The first kappa shape index (κ1) is 19.6. The van der Waals surface area contributed by atoms with Crippen LogP contribution < -0.4 is 5.32 Å². The zero-order valence-electron chi connectivity index (χ0n) is 15.9. The molecule has 3 aromatic rings. The predicted octanol–water partition coefficient (Wildman–Crippen LogP) is 2.89. The Morgan fingerprint density at radius 3 is 2.59 bits per heavy atom. The van der Waals surface area contributed by atoms with Crippen LogP contribution in [0.1, 0.15) is 10.5 Å². The monoisotopic (exact) mass is 411 g/mol. The van der Waals surface area contributed by atoms with Crippen LogP contribution in [0.4, 0.5) is 0 Å². The largest absolute Gasteiger partial charge is 0.379 e. The highest BCUT2D eigenvalue weighted by molar-refractivity contribution is 6.43. The van der Waals surface area contributed by atoms with Gasteiger partial charge in [0.2, 0.25) is 0 Å². The van der Waals surface area contributed by atoms with Crippen LogP contribution in [0.3, 0.4) is 0 Å². The number of aromatic nitrogens is 1. The van der Waals surface area contributed by atoms with E-state index in [9.17, 15) is 9.59 Å². The number of nitrogens with one attached hydrogen (secondary N) is 1. The fourth-order valence-corrected chi connectivity index (χ4v) is 3.67. The highest BCUT2D eigenvalue weighted by Gasteiger charge is 2.24. The van der Waals surface area contributed by atoms with E-state index in [1.807, 2.05) is 36.4 Å². The number of morpholine rings is 1. The van der Waals surface area contributed by atoms with E-state index in [2.05, 4.69) is 10.2 Å². The zero-order chi connectivity index (χ0) is 20.2. The number of amides is 1. The zero-order valence-corrected chi connectivity index (χ0v) is 16.7. The molecule has 0 aliphatic carbocycles. The van der Waals surface area contributed by atoms with E-state index in [0.717, 1.165) is 24.2 Å². The number of halogens is 1. The Morgan fingerprint density at radius 2 is 1.83 bits per heavy atom. The minimum Gasteiger partial charge on any atom is -0.379 e. The molecule has 1 aliphatic heterocycles. The molecule has 6 nitrogen and oxygen atoms in total. The molecule has 0 spiro atoms. The van der Waals surface area contributed by atoms with Crippen molar-refractivity contribution in [3.05, 3.63) is 65.4 Å². The number of rotatable bonds is 6. The molecule has 0 atom stereocenters. The van der Waals surface area contributed by atoms with Crippen molar-refractivity contribution in [2.24, 2.45) is 0 Å². The average Bonchev–Trinajstić information content (AvgIpc) is 3.14. The van der Waals surface area contributed by atoms with Crippen LogP contribution in [0.25, 0.3) is 16.6 Å². The lowest BCUT2D eigenvalue weighted by Gasteiger charge is -2.26. The number of Topliss-reactive ketones (excluding diaryl/α,β-unsaturated/α-hetero) is 1. The van der Waals surface area contributed by atoms with Crippen molar-refractivity contribution >= 4 is 28.8 Å². The number of pyridine rings is 1. The van der Waals surface area contributed by atoms with Gasteiger partial charge in [-0.1, -0.05) is 29.8 Å². The maximum Gasteiger partial charge on any atom is 0.294 e. The standard InChI is InChI=1S/C22H22ClN3O3/c23-17-6-4-16(5-7-17)19-15-18-3-1-2-9-26(18)20(19)21(27)22(28)24-8-10-25-11-13-29-14-12-25/h1-7,9,15H,8,10-14H2,(H,24,28). The lowest BCUT2D eigenvalue weighted by Crippen LogP contribution is -2.42. The summed E-state index contributed by atoms with van der Waals surface area (Å²) in [5.41, 5.74) is 2.75. The second-order valence-electron chi connectivity index (χ2n) is 6.95. The molecule has 3 heterocycles. The Balaban J connectivity index is 1.56. The topological polar surface area (TPSA) is 63.1 Å². The first-order valence-corrected chi connectivity index (χ1v) is 10.00. The van der Waals surface area contributed by atoms with Gasteiger partial charge < -0.3 is 14.5 Å². The van der Waals surface area contributed by atoms with E-state index in [4.69, 9.17) is 16.3 Å². The second-order valence-corrected chi connectivity index (χ2v) is 7.38. The Kier molecular flexibility index (Phi) is 5.94. The molecule has 0 unspecified atom stereocenters. The molecule has 29 heavy (non-hydrogen) atoms. The smallest absolute Gasteiger partial charge is 0.294 e. The summed E-state index contributed by atoms with van der Waals surface area (Å²) >= 11 is 6.00. The van der Waals surface area contributed by atoms with Gasteiger partial charge in [0.05, 0.1) is 13.2 Å². The van der Waals surface area contributed by atoms with E-state index >= 15 is 0 Å². The van der Waals surface area contributed by atoms with Gasteiger partial charge in [0.15, 0.2) is 0 Å². The van der Waals surface area contributed by atoms with Crippen LogP contribution in [0, 0.1) is 0 Å². The molecule has 1 amide bonds. The normalized spacial score (nSPS) is 14.8. The third kappa shape index (κ3) is 4.34. The van der Waals surface area contributed by atoms with Gasteiger partial charge in [0.25, 0.3) is 11.7 Å². The number of ketones is 1. The molecule has 4 rings (SSSR count). The van der Waals surface area contributed by atoms with Crippen molar-refractivity contribution in [1.29, 1.82) is 0 Å². The number of nitrogens with zero attached hydrogens (tertiary/aromatic N) is 2. The number of hydrogen-bond acceptors (Lipinski definition) is 4. The van der Waals surface area contributed by atoms with Gasteiger partial charge in [-0.2, -0.15) is 0 Å². The van der Waals surface area contributed by atoms with E-state index in [0.29, 0.717) is 42.6 Å². The minimum atomic E-state index is -0.600. The van der Waals surface area contributed by atoms with Crippen LogP contribution in [0.15, 0.2) is 54.7 Å². The molecule has 150 valence electrons. The molecule has 1 N–H and O–H groups in total. The van der Waals surface area contributed by atoms with Crippen LogP contribution >= 0.6 is 11.6 Å². The first-order valence-electron chi connectivity index (χ1n) is 9.62. The summed E-state index contributed by atoms with van der Waals surface area (Å²) in [7, 11) is 0. The van der Waals surface area contributed by atoms with Crippen molar-refractivity contribution < 1.29 is 14.3 Å². The minimum absolute atomic E-state index is 0.354. The molecule has 1 saturated heterocycles. The van der Waals surface area contributed by atoms with E-state index in [1.165, 1.54) is 0 Å². The number of benzene rings is 1. The van der Waals surface area contributed by atoms with Crippen LogP contribution in [-0.2, 0) is 9.53 Å². The molecule has 0 bridgehead atoms. The van der Waals surface area contributed by atoms with Crippen LogP contribution in [0.2, 0.25) is 5.02 Å². The Hall–Kier alpha value is -2.67. The van der Waals surface area contributed by atoms with Crippen LogP contribution in [-0.4, -0.2) is 60.4 Å². The fraction of sp³-hybridized carbons (Fsp3) is 0.273. The molecule has 7 heteroatoms. The van der Waals surface area contributed by atoms with Crippen molar-refractivity contribution in [2.75, 3.05) is 39.4 Å². The third-order valence-corrected chi connectivity index (χ3v) is 5.33. The summed E-state index contributed by atoms with van der Waals surface area (Å²) in [6.45, 7) is 4.20. The van der Waals surface area contributed by atoms with Gasteiger partial charge in [-0.3, -0.25) is 14.5 Å². The second kappa shape index (κ2) is 8.78. The van der Waals surface area contributed by atoms with Crippen molar-refractivity contribution in [2.45, 2.75) is 0 Å². The summed E-state index contributed by atoms with van der Waals surface area (Å²) in [5, 5.41) is 3.38. The SMILES string of the molecule is O=C(NCCN1CCOCC1)C(=O)c1c(-c2ccc(Cl)cc2)cc2ccccn12. The predicted molar refractivity (Wildman–Crippen MR) is 112 cm³/mol. The number of fused-ring (bicyclic) bond motifs is 1. The molecule has 1 aromatic carbocycles. The van der Waals surface area contributed by atoms with Gasteiger partial charge >= 0.3 is 0 Å². The first-order chi connectivity index (χ1) is 14.1. The Morgan fingerprint density at radius 1 is 1.07 bits per heavy atom. The molecule has 0 radical (unpaired) electrons. The summed E-state index contributed by atoms with van der Waals surface area (Å²) < 4.78 is 7.08. The third-order valence-electron chi connectivity index (χ3n) is 5.07. The highest BCUT2D eigenvalue weighted by Crippen LogP contribution is 2.29. The van der Waals surface area contributed by atoms with Crippen molar-refractivity contribution in [3.63, 3.8) is 0 Å². The van der Waals surface area contributed by atoms with E-state index in [1.54, 1.807) is 22.7 Å². The maximum absolute atomic E-state index is 13.1. The quantitative estimate of drug-likeness (QED) is 0.500. The molecule has 2 aromatic heterocycles. The van der Waals surface area contributed by atoms with Crippen molar-refractivity contribution in [3.8, 4) is 11.1 Å². The Bertz CT molecular complexity index is 1020. The molecule has 1 fully saturated rings. The number of carbonyl (C=O) groups is 2. The molecule has 1 aliphatic rings. The van der Waals surface area contributed by atoms with E-state index in [-0.39, 0.29) is 0 Å². The number of carbonyl (C=O) groups excluding carboxylic acids is 2. The summed E-state index contributed by atoms with van der Waals surface area (Å²) in [5.74, 6) is -1.15. The maximum atomic E-state index is 13.1. The fourth-order valence-electron chi connectivity index (χ4n) is 3.54. The van der Waals surface area contributed by atoms with Gasteiger partial charge in [-0.05, 0) is 35.9 Å². The van der Waals surface area contributed by atoms with Gasteiger partial charge in [0, 0.05) is 48.5 Å². The summed E-state index contributed by atoms with van der Waals surface area (Å²) in [6.07, 6.45) is 1.79. The highest BCUT2D eigenvalue weighted by atomic mass is 35.5. The summed E-state index contributed by atoms with van der Waals surface area (Å²) in [4.78, 5) is 27.9. The number of hydrogen-bond donors (Lipinski definition) is 1. The number of ether oxygens (including phenoxy) is 1. The lowest BCUT2D eigenvalue weighted by molar-refractivity contribution is -0.117. The molecular formula is C22H22ClN3O3. The molecule has 0 saturated carbocycles. The average molecular weight is 412 g/mol. The lowest BCUT2D eigenvalue weighted by atomic mass is 10.0.